The van der Waals surface area contributed by atoms with Gasteiger partial charge in [0.2, 0.25) is 21.9 Å². The number of nitrogens with one attached hydrogen (secondary N) is 3. The van der Waals surface area contributed by atoms with Gasteiger partial charge in [0, 0.05) is 95.3 Å². The molecule has 4 aromatic rings. The van der Waals surface area contributed by atoms with Crippen molar-refractivity contribution in [3.63, 3.8) is 0 Å². The first kappa shape index (κ1) is 43.2. The van der Waals surface area contributed by atoms with Crippen LogP contribution in [0.25, 0.3) is 0 Å². The van der Waals surface area contributed by atoms with Gasteiger partial charge in [-0.2, -0.15) is 23.2 Å². The molecule has 4 aliphatic heterocycles. The van der Waals surface area contributed by atoms with Crippen molar-refractivity contribution >= 4 is 62.7 Å². The topological polar surface area (TPSA) is 210 Å². The number of sulfonamides is 1. The second-order valence-corrected chi connectivity index (χ2v) is 17.6. The molecule has 0 unspecified atom stereocenters. The Hall–Kier alpha value is -6.46. The summed E-state index contributed by atoms with van der Waals surface area (Å²) < 4.78 is 67.0. The summed E-state index contributed by atoms with van der Waals surface area (Å²) in [6.07, 6.45) is 1.40. The Balaban J connectivity index is 0.820. The quantitative estimate of drug-likeness (QED) is 0.175. The summed E-state index contributed by atoms with van der Waals surface area (Å²) >= 11 is 0. The Morgan fingerprint density at radius 1 is 0.873 bits per heavy atom. The molecule has 3 saturated heterocycles. The molecule has 332 valence electrons. The molecular weight excluding hydrogens is 848 g/mol. The molecule has 5 amide bonds. The van der Waals surface area contributed by atoms with E-state index in [1.165, 1.54) is 19.4 Å². The van der Waals surface area contributed by atoms with Crippen molar-refractivity contribution in [3.8, 4) is 0 Å². The van der Waals surface area contributed by atoms with Crippen LogP contribution in [0.4, 0.5) is 46.9 Å². The highest BCUT2D eigenvalue weighted by Crippen LogP contribution is 2.35. The lowest BCUT2D eigenvalue weighted by Gasteiger charge is -2.43. The number of benzene rings is 2. The summed E-state index contributed by atoms with van der Waals surface area (Å²) in [5.41, 5.74) is 1.91. The first-order valence-electron chi connectivity index (χ1n) is 20.2. The van der Waals surface area contributed by atoms with Crippen LogP contribution >= 0.6 is 0 Å². The van der Waals surface area contributed by atoms with E-state index in [1.807, 2.05) is 30.3 Å². The van der Waals surface area contributed by atoms with Crippen LogP contribution in [0.5, 0.6) is 0 Å². The Morgan fingerprint density at radius 2 is 1.57 bits per heavy atom. The van der Waals surface area contributed by atoms with Gasteiger partial charge in [0.1, 0.15) is 17.1 Å². The Morgan fingerprint density at radius 3 is 2.25 bits per heavy atom. The standard InChI is InChI=1S/C40H44F3N13O6S/c1-51(63(2,61)62)35-32(44-12-13-45-35)23-46-34-31(40(41,42)43)22-47-38(50-34)48-26-4-6-27(7-5-26)53-14-9-28(10-15-53)54-19-17-52(18-20-54)24-25-3-8-29-30(21-25)37(59)56(36(29)58)55-16-11-33(57)49-39(55)60/h3-8,12-13,21-22,28H,9-11,14-20,23-24H2,1-2H3,(H,49,57,60)(H2,46,47,48,50). The number of piperidine rings is 1. The zero-order valence-corrected chi connectivity index (χ0v) is 35.1. The van der Waals surface area contributed by atoms with E-state index in [4.69, 9.17) is 0 Å². The number of nitrogens with zero attached hydrogens (tertiary/aromatic N) is 10. The minimum Gasteiger partial charge on any atom is -0.371 e. The predicted molar refractivity (Wildman–Crippen MR) is 223 cm³/mol. The van der Waals surface area contributed by atoms with Crippen LogP contribution in [0.3, 0.4) is 0 Å². The molecule has 6 heterocycles. The van der Waals surface area contributed by atoms with Crippen molar-refractivity contribution in [2.75, 3.05) is 79.0 Å². The highest BCUT2D eigenvalue weighted by atomic mass is 32.2. The monoisotopic (exact) mass is 891 g/mol. The molecule has 4 aliphatic rings. The number of urea groups is 1. The van der Waals surface area contributed by atoms with Crippen molar-refractivity contribution < 1.29 is 40.8 Å². The number of hydrogen-bond acceptors (Lipinski definition) is 15. The third-order valence-electron chi connectivity index (χ3n) is 11.6. The lowest BCUT2D eigenvalue weighted by molar-refractivity contribution is -0.137. The number of piperazine rings is 1. The molecule has 0 atom stereocenters. The van der Waals surface area contributed by atoms with Gasteiger partial charge in [-0.1, -0.05) is 6.07 Å². The molecule has 3 fully saturated rings. The molecule has 0 saturated carbocycles. The second-order valence-electron chi connectivity index (χ2n) is 15.6. The van der Waals surface area contributed by atoms with Crippen molar-refractivity contribution in [1.29, 1.82) is 0 Å². The molecule has 0 aliphatic carbocycles. The number of anilines is 5. The fourth-order valence-corrected chi connectivity index (χ4v) is 8.58. The van der Waals surface area contributed by atoms with Gasteiger partial charge in [0.05, 0.1) is 30.5 Å². The SMILES string of the molecule is CN(c1nccnc1CNc1nc(Nc2ccc(N3CCC(N4CCN(Cc5ccc6c(c5)C(=O)N(N5CCC(=O)NC5=O)C6=O)CC4)CC3)cc2)ncc1C(F)(F)F)S(C)(=O)=O. The fraction of sp³-hybridized carbons (Fsp3) is 0.400. The molecule has 19 nitrogen and oxygen atoms in total. The molecule has 3 N–H and O–H groups in total. The van der Waals surface area contributed by atoms with Crippen LogP contribution < -0.4 is 25.2 Å². The Labute approximate surface area is 360 Å². The summed E-state index contributed by atoms with van der Waals surface area (Å²) in [4.78, 5) is 73.5. The van der Waals surface area contributed by atoms with Gasteiger partial charge in [-0.15, -0.1) is 0 Å². The first-order valence-corrected chi connectivity index (χ1v) is 22.0. The lowest BCUT2D eigenvalue weighted by atomic mass is 10.0. The number of fused-ring (bicyclic) bond motifs is 1. The first-order chi connectivity index (χ1) is 30.0. The molecule has 0 spiro atoms. The largest absolute Gasteiger partial charge is 0.421 e. The van der Waals surface area contributed by atoms with Gasteiger partial charge in [0.25, 0.3) is 11.8 Å². The van der Waals surface area contributed by atoms with E-state index in [1.54, 1.807) is 12.1 Å². The maximum atomic E-state index is 14.0. The molecule has 23 heteroatoms. The van der Waals surface area contributed by atoms with Crippen LogP contribution in [-0.2, 0) is 34.1 Å². The summed E-state index contributed by atoms with van der Waals surface area (Å²) in [7, 11) is -2.44. The molecule has 0 bridgehead atoms. The van der Waals surface area contributed by atoms with Crippen molar-refractivity contribution in [2.24, 2.45) is 0 Å². The average molecular weight is 892 g/mol. The van der Waals surface area contributed by atoms with Gasteiger partial charge < -0.3 is 15.5 Å². The molecule has 8 rings (SSSR count). The number of amides is 5. The maximum Gasteiger partial charge on any atom is 0.421 e. The van der Waals surface area contributed by atoms with Crippen LogP contribution in [-0.4, -0.2) is 137 Å². The van der Waals surface area contributed by atoms with Crippen molar-refractivity contribution in [1.82, 2.24) is 45.1 Å². The van der Waals surface area contributed by atoms with Gasteiger partial charge in [-0.25, -0.2) is 28.2 Å². The highest BCUT2D eigenvalue weighted by Gasteiger charge is 2.43. The number of hydrazine groups is 1. The molecule has 0 radical (unpaired) electrons. The molecule has 63 heavy (non-hydrogen) atoms. The van der Waals surface area contributed by atoms with Gasteiger partial charge in [0.15, 0.2) is 5.82 Å². The van der Waals surface area contributed by atoms with Crippen LogP contribution in [0, 0.1) is 0 Å². The number of alkyl halides is 3. The number of carbonyl (C=O) groups excluding carboxylic acids is 4. The Bertz CT molecular complexity index is 2530. The molecule has 2 aromatic heterocycles. The highest BCUT2D eigenvalue weighted by molar-refractivity contribution is 7.92. The maximum absolute atomic E-state index is 14.0. The Kier molecular flexibility index (Phi) is 11.9. The minimum absolute atomic E-state index is 0.00663. The van der Waals surface area contributed by atoms with Gasteiger partial charge in [-0.05, 0) is 54.8 Å². The lowest BCUT2D eigenvalue weighted by Crippen LogP contribution is -2.58. The number of carbonyl (C=O) groups is 4. The van der Waals surface area contributed by atoms with E-state index < -0.39 is 51.3 Å². The summed E-state index contributed by atoms with van der Waals surface area (Å²) in [6.45, 7) is 5.37. The number of imide groups is 2. The van der Waals surface area contributed by atoms with E-state index in [0.29, 0.717) is 24.5 Å². The van der Waals surface area contributed by atoms with Crippen molar-refractivity contribution in [2.45, 2.75) is 44.6 Å². The van der Waals surface area contributed by atoms with Gasteiger partial charge in [-0.3, -0.25) is 38.8 Å². The van der Waals surface area contributed by atoms with Crippen LogP contribution in [0.1, 0.15) is 56.8 Å². The summed E-state index contributed by atoms with van der Waals surface area (Å²) in [5, 5.41) is 9.56. The number of halogens is 3. The predicted octanol–water partition coefficient (Wildman–Crippen LogP) is 3.28. The molecule has 2 aromatic carbocycles. The normalized spacial score (nSPS) is 18.1. The summed E-state index contributed by atoms with van der Waals surface area (Å²) in [6, 6.07) is 12.3. The van der Waals surface area contributed by atoms with Crippen molar-refractivity contribution in [3.05, 3.63) is 89.0 Å². The number of aromatic nitrogens is 4. The number of hydrogen-bond donors (Lipinski definition) is 3. The van der Waals surface area contributed by atoms with E-state index >= 15 is 0 Å². The van der Waals surface area contributed by atoms with E-state index in [-0.39, 0.29) is 48.1 Å². The molecular formula is C40H44F3N13O6S. The zero-order chi connectivity index (χ0) is 44.6. The summed E-state index contributed by atoms with van der Waals surface area (Å²) in [5.74, 6) is -2.27. The van der Waals surface area contributed by atoms with Crippen LogP contribution in [0.15, 0.2) is 61.1 Å². The smallest absolute Gasteiger partial charge is 0.371 e. The van der Waals surface area contributed by atoms with Crippen LogP contribution in [0.2, 0.25) is 0 Å². The number of rotatable bonds is 12. The zero-order valence-electron chi connectivity index (χ0n) is 34.3. The third kappa shape index (κ3) is 9.34. The van der Waals surface area contributed by atoms with Gasteiger partial charge >= 0.3 is 12.2 Å². The second kappa shape index (κ2) is 17.4. The van der Waals surface area contributed by atoms with E-state index in [9.17, 15) is 40.8 Å². The third-order valence-corrected chi connectivity index (χ3v) is 12.7. The van der Waals surface area contributed by atoms with E-state index in [2.05, 4.69) is 50.6 Å². The average Bonchev–Trinajstić information content (AvgIpc) is 3.50. The fourth-order valence-electron chi connectivity index (χ4n) is 8.11. The van der Waals surface area contributed by atoms with E-state index in [0.717, 1.165) is 83.9 Å². The minimum atomic E-state index is -4.77.